The van der Waals surface area contributed by atoms with Crippen molar-refractivity contribution in [1.29, 1.82) is 0 Å². The van der Waals surface area contributed by atoms with E-state index in [0.29, 0.717) is 17.5 Å². The summed E-state index contributed by atoms with van der Waals surface area (Å²) in [5.74, 6) is -0.0604. The largest absolute Gasteiger partial charge is 0.508 e. The molecule has 0 fully saturated rings. The molecule has 4 nitrogen and oxygen atoms in total. The van der Waals surface area contributed by atoms with Crippen molar-refractivity contribution in [3.63, 3.8) is 0 Å². The third kappa shape index (κ3) is 2.97. The minimum atomic E-state index is -0.232. The van der Waals surface area contributed by atoms with Crippen LogP contribution in [0.1, 0.15) is 29.3 Å². The average Bonchev–Trinajstić information content (AvgIpc) is 2.29. The average molecular weight is 223 g/mol. The molecule has 1 rings (SSSR count). The van der Waals surface area contributed by atoms with Crippen LogP contribution >= 0.6 is 0 Å². The van der Waals surface area contributed by atoms with Gasteiger partial charge in [0.25, 0.3) is 5.91 Å². The molecule has 0 saturated heterocycles. The molecule has 0 aliphatic carbocycles. The van der Waals surface area contributed by atoms with Crippen molar-refractivity contribution in [1.82, 2.24) is 5.32 Å². The quantitative estimate of drug-likeness (QED) is 0.718. The van der Waals surface area contributed by atoms with Crippen LogP contribution in [0.2, 0.25) is 0 Å². The first-order valence-electron chi connectivity index (χ1n) is 5.29. The van der Waals surface area contributed by atoms with Crippen molar-refractivity contribution in [2.24, 2.45) is 0 Å². The van der Waals surface area contributed by atoms with Gasteiger partial charge in [-0.25, -0.2) is 0 Å². The second-order valence-corrected chi connectivity index (χ2v) is 3.76. The van der Waals surface area contributed by atoms with Crippen LogP contribution in [0.4, 0.5) is 0 Å². The molecular formula is C12H17NO3. The summed E-state index contributed by atoms with van der Waals surface area (Å²) in [7, 11) is 0. The zero-order valence-corrected chi connectivity index (χ0v) is 9.53. The zero-order chi connectivity index (χ0) is 12.1. The summed E-state index contributed by atoms with van der Waals surface area (Å²) in [5, 5.41) is 21.0. The van der Waals surface area contributed by atoms with Crippen LogP contribution in [-0.4, -0.2) is 28.8 Å². The normalized spacial score (nSPS) is 12.2. The van der Waals surface area contributed by atoms with Gasteiger partial charge >= 0.3 is 0 Å². The van der Waals surface area contributed by atoms with Crippen LogP contribution in [0.3, 0.4) is 0 Å². The van der Waals surface area contributed by atoms with E-state index in [0.717, 1.165) is 0 Å². The molecule has 0 aliphatic heterocycles. The van der Waals surface area contributed by atoms with Gasteiger partial charge in [-0.15, -0.1) is 0 Å². The Morgan fingerprint density at radius 1 is 1.50 bits per heavy atom. The number of nitrogens with one attached hydrogen (secondary N) is 1. The van der Waals surface area contributed by atoms with Crippen molar-refractivity contribution < 1.29 is 15.0 Å². The molecule has 0 spiro atoms. The van der Waals surface area contributed by atoms with Crippen molar-refractivity contribution in [2.75, 3.05) is 6.61 Å². The molecule has 1 aromatic rings. The second-order valence-electron chi connectivity index (χ2n) is 3.76. The van der Waals surface area contributed by atoms with Gasteiger partial charge in [0.05, 0.1) is 12.6 Å². The van der Waals surface area contributed by atoms with Gasteiger partial charge in [-0.2, -0.15) is 0 Å². The lowest BCUT2D eigenvalue weighted by Crippen LogP contribution is -2.36. The molecule has 0 bridgehead atoms. The highest BCUT2D eigenvalue weighted by atomic mass is 16.3. The summed E-state index contributed by atoms with van der Waals surface area (Å²) in [6.07, 6.45) is 0.680. The van der Waals surface area contributed by atoms with Gasteiger partial charge in [0, 0.05) is 5.56 Å². The van der Waals surface area contributed by atoms with E-state index in [-0.39, 0.29) is 24.3 Å². The number of phenolic OH excluding ortho intramolecular Hbond substituents is 1. The van der Waals surface area contributed by atoms with Gasteiger partial charge in [-0.3, -0.25) is 4.79 Å². The molecule has 88 valence electrons. The number of benzene rings is 1. The van der Waals surface area contributed by atoms with E-state index in [4.69, 9.17) is 5.11 Å². The summed E-state index contributed by atoms with van der Waals surface area (Å²) < 4.78 is 0. The number of amides is 1. The highest BCUT2D eigenvalue weighted by molar-refractivity contribution is 5.94. The molecule has 0 heterocycles. The van der Waals surface area contributed by atoms with E-state index in [1.165, 1.54) is 6.07 Å². The molecule has 4 heteroatoms. The molecule has 0 aliphatic rings. The Labute approximate surface area is 94.9 Å². The maximum absolute atomic E-state index is 11.7. The molecule has 1 unspecified atom stereocenters. The lowest BCUT2D eigenvalue weighted by molar-refractivity contribution is 0.0915. The highest BCUT2D eigenvalue weighted by Crippen LogP contribution is 2.16. The van der Waals surface area contributed by atoms with Gasteiger partial charge in [0.15, 0.2) is 0 Å². The Morgan fingerprint density at radius 3 is 2.69 bits per heavy atom. The van der Waals surface area contributed by atoms with E-state index in [1.54, 1.807) is 19.1 Å². The number of hydrogen-bond donors (Lipinski definition) is 3. The Kier molecular flexibility index (Phi) is 4.31. The van der Waals surface area contributed by atoms with Crippen molar-refractivity contribution in [3.05, 3.63) is 29.3 Å². The van der Waals surface area contributed by atoms with Gasteiger partial charge < -0.3 is 15.5 Å². The van der Waals surface area contributed by atoms with Crippen LogP contribution in [0, 0.1) is 6.92 Å². The van der Waals surface area contributed by atoms with E-state index >= 15 is 0 Å². The Balaban J connectivity index is 2.76. The van der Waals surface area contributed by atoms with Crippen LogP contribution in [0.15, 0.2) is 18.2 Å². The van der Waals surface area contributed by atoms with E-state index in [1.807, 2.05) is 6.92 Å². The van der Waals surface area contributed by atoms with E-state index in [9.17, 15) is 9.90 Å². The van der Waals surface area contributed by atoms with E-state index < -0.39 is 0 Å². The lowest BCUT2D eigenvalue weighted by atomic mass is 10.1. The Hall–Kier alpha value is -1.55. The first kappa shape index (κ1) is 12.5. The van der Waals surface area contributed by atoms with Crippen LogP contribution in [-0.2, 0) is 0 Å². The molecule has 1 aromatic carbocycles. The van der Waals surface area contributed by atoms with Gasteiger partial charge in [0.1, 0.15) is 5.75 Å². The first-order chi connectivity index (χ1) is 7.58. The van der Waals surface area contributed by atoms with Crippen molar-refractivity contribution >= 4 is 5.91 Å². The molecule has 0 aromatic heterocycles. The monoisotopic (exact) mass is 223 g/mol. The number of aromatic hydroxyl groups is 1. The summed E-state index contributed by atoms with van der Waals surface area (Å²) >= 11 is 0. The second kappa shape index (κ2) is 5.51. The first-order valence-corrected chi connectivity index (χ1v) is 5.29. The third-order valence-electron chi connectivity index (χ3n) is 2.51. The summed E-state index contributed by atoms with van der Waals surface area (Å²) in [6.45, 7) is 3.55. The minimum Gasteiger partial charge on any atom is -0.508 e. The lowest BCUT2D eigenvalue weighted by Gasteiger charge is -2.14. The maximum atomic E-state index is 11.7. The number of aliphatic hydroxyl groups is 1. The van der Waals surface area contributed by atoms with Crippen molar-refractivity contribution in [2.45, 2.75) is 26.3 Å². The van der Waals surface area contributed by atoms with E-state index in [2.05, 4.69) is 5.32 Å². The minimum absolute atomic E-state index is 0.0701. The van der Waals surface area contributed by atoms with Crippen LogP contribution in [0.25, 0.3) is 0 Å². The number of aliphatic hydroxyl groups excluding tert-OH is 1. The SMILES string of the molecule is CCC(CO)NC(=O)c1ccc(O)c(C)c1. The number of rotatable bonds is 4. The Morgan fingerprint density at radius 2 is 2.19 bits per heavy atom. The van der Waals surface area contributed by atoms with Gasteiger partial charge in [-0.1, -0.05) is 6.92 Å². The highest BCUT2D eigenvalue weighted by Gasteiger charge is 2.11. The molecule has 0 saturated carbocycles. The zero-order valence-electron chi connectivity index (χ0n) is 9.53. The predicted octanol–water partition coefficient (Wildman–Crippen LogP) is 1.20. The predicted molar refractivity (Wildman–Crippen MR) is 61.5 cm³/mol. The fourth-order valence-electron chi connectivity index (χ4n) is 1.34. The fourth-order valence-corrected chi connectivity index (χ4v) is 1.34. The third-order valence-corrected chi connectivity index (χ3v) is 2.51. The molecule has 0 radical (unpaired) electrons. The summed E-state index contributed by atoms with van der Waals surface area (Å²) in [4.78, 5) is 11.7. The van der Waals surface area contributed by atoms with Gasteiger partial charge in [0.2, 0.25) is 0 Å². The smallest absolute Gasteiger partial charge is 0.251 e. The summed E-state index contributed by atoms with van der Waals surface area (Å²) in [5.41, 5.74) is 1.15. The summed E-state index contributed by atoms with van der Waals surface area (Å²) in [6, 6.07) is 4.45. The fraction of sp³-hybridized carbons (Fsp3) is 0.417. The number of carbonyl (C=O) groups excluding carboxylic acids is 1. The number of hydrogen-bond acceptors (Lipinski definition) is 3. The molecule has 16 heavy (non-hydrogen) atoms. The van der Waals surface area contributed by atoms with Crippen LogP contribution < -0.4 is 5.32 Å². The Bertz CT molecular complexity index is 373. The van der Waals surface area contributed by atoms with Gasteiger partial charge in [-0.05, 0) is 37.1 Å². The number of aryl methyl sites for hydroxylation is 1. The standard InChI is InChI=1S/C12H17NO3/c1-3-10(7-14)13-12(16)9-4-5-11(15)8(2)6-9/h4-6,10,14-15H,3,7H2,1-2H3,(H,13,16). The number of phenols is 1. The molecule has 1 amide bonds. The van der Waals surface area contributed by atoms with Crippen LogP contribution in [0.5, 0.6) is 5.75 Å². The molecule has 3 N–H and O–H groups in total. The van der Waals surface area contributed by atoms with Crippen molar-refractivity contribution in [3.8, 4) is 5.75 Å². The maximum Gasteiger partial charge on any atom is 0.251 e. The molecular weight excluding hydrogens is 206 g/mol. The topological polar surface area (TPSA) is 69.6 Å². The molecule has 1 atom stereocenters. The number of carbonyl (C=O) groups is 1.